The van der Waals surface area contributed by atoms with E-state index < -0.39 is 15.9 Å². The van der Waals surface area contributed by atoms with Gasteiger partial charge in [0.2, 0.25) is 10.3 Å². The molecular formula is C34H30ClFN6O4S. The first kappa shape index (κ1) is 32.0. The van der Waals surface area contributed by atoms with Gasteiger partial charge in [-0.05, 0) is 60.2 Å². The van der Waals surface area contributed by atoms with Gasteiger partial charge in [0.15, 0.2) is 5.60 Å². The molecule has 0 aliphatic carbocycles. The first-order valence-electron chi connectivity index (χ1n) is 14.8. The predicted octanol–water partition coefficient (Wildman–Crippen LogP) is 6.24. The van der Waals surface area contributed by atoms with Crippen LogP contribution in [0.25, 0.3) is 10.9 Å². The fourth-order valence-corrected chi connectivity index (χ4v) is 6.00. The molecule has 1 unspecified atom stereocenters. The van der Waals surface area contributed by atoms with Crippen LogP contribution in [0.15, 0.2) is 97.8 Å². The highest BCUT2D eigenvalue weighted by molar-refractivity contribution is 7.71. The first-order chi connectivity index (χ1) is 22.9. The van der Waals surface area contributed by atoms with Crippen LogP contribution >= 0.6 is 11.6 Å². The van der Waals surface area contributed by atoms with Crippen molar-refractivity contribution in [3.63, 3.8) is 0 Å². The van der Waals surface area contributed by atoms with E-state index in [0.717, 1.165) is 5.69 Å². The number of fused-ring (bicyclic) bond motifs is 1. The van der Waals surface area contributed by atoms with Crippen molar-refractivity contribution in [1.82, 2.24) is 24.8 Å². The number of benzene rings is 2. The maximum atomic E-state index is 13.5. The van der Waals surface area contributed by atoms with Crippen molar-refractivity contribution in [3.8, 4) is 5.75 Å². The molecule has 13 heteroatoms. The van der Waals surface area contributed by atoms with Crippen LogP contribution in [0.2, 0.25) is 5.02 Å². The first-order valence-corrected chi connectivity index (χ1v) is 16.3. The molecule has 0 fully saturated rings. The van der Waals surface area contributed by atoms with Crippen molar-refractivity contribution in [1.29, 1.82) is 0 Å². The zero-order valence-corrected chi connectivity index (χ0v) is 26.7. The molecule has 0 amide bonds. The van der Waals surface area contributed by atoms with E-state index in [0.29, 0.717) is 76.8 Å². The molecule has 6 rings (SSSR count). The van der Waals surface area contributed by atoms with Gasteiger partial charge < -0.3 is 14.8 Å². The molecule has 3 aromatic heterocycles. The molecule has 0 saturated carbocycles. The van der Waals surface area contributed by atoms with Crippen molar-refractivity contribution in [3.05, 3.63) is 126 Å². The van der Waals surface area contributed by atoms with Crippen LogP contribution in [-0.2, 0) is 33.7 Å². The van der Waals surface area contributed by atoms with Crippen LogP contribution in [0.5, 0.6) is 5.75 Å². The van der Waals surface area contributed by atoms with E-state index in [1.807, 2.05) is 36.4 Å². The summed E-state index contributed by atoms with van der Waals surface area (Å²) >= 11 is 6.54. The summed E-state index contributed by atoms with van der Waals surface area (Å²) in [6.45, 7) is 1.05. The fourth-order valence-electron chi connectivity index (χ4n) is 5.31. The monoisotopic (exact) mass is 672 g/mol. The smallest absolute Gasteiger partial charge is 0.225 e. The highest BCUT2D eigenvalue weighted by atomic mass is 35.5. The predicted molar refractivity (Wildman–Crippen MR) is 178 cm³/mol. The topological polar surface area (TPSA) is 119 Å². The Hall–Kier alpha value is -4.91. The lowest BCUT2D eigenvalue weighted by Gasteiger charge is -2.30. The SMILES string of the molecule is O=S(=O)=CN(CCc1ccccn1)CCC1(c2cc3c(Nc4ccc(OCc5cccc(F)c5)c(Cl)c4)ncnc3cn2)CC=CO1. The molecule has 1 aliphatic heterocycles. The number of pyridine rings is 2. The molecule has 2 aromatic carbocycles. The molecule has 1 aliphatic rings. The van der Waals surface area contributed by atoms with Crippen molar-refractivity contribution >= 4 is 49.8 Å². The van der Waals surface area contributed by atoms with Crippen molar-refractivity contribution in [2.24, 2.45) is 0 Å². The molecule has 5 aromatic rings. The van der Waals surface area contributed by atoms with Crippen LogP contribution in [0, 0.1) is 5.82 Å². The Morgan fingerprint density at radius 3 is 2.72 bits per heavy atom. The van der Waals surface area contributed by atoms with E-state index in [9.17, 15) is 12.8 Å². The molecule has 0 bridgehead atoms. The van der Waals surface area contributed by atoms with E-state index >= 15 is 0 Å². The van der Waals surface area contributed by atoms with E-state index in [2.05, 4.69) is 20.3 Å². The number of nitrogens with zero attached hydrogens (tertiary/aromatic N) is 5. The lowest BCUT2D eigenvalue weighted by atomic mass is 9.91. The summed E-state index contributed by atoms with van der Waals surface area (Å²) in [6.07, 6.45) is 10.0. The Labute approximate surface area is 277 Å². The largest absolute Gasteiger partial charge is 0.489 e. The summed E-state index contributed by atoms with van der Waals surface area (Å²) in [6, 6.07) is 19.0. The maximum absolute atomic E-state index is 13.5. The summed E-state index contributed by atoms with van der Waals surface area (Å²) in [5, 5.41) is 4.41. The second kappa shape index (κ2) is 14.7. The molecule has 0 spiro atoms. The standard InChI is InChI=1S/C34H30ClFN6O4S/c35-29-18-27(8-9-31(29)45-21-24-5-3-6-25(36)17-24)41-33-28-19-32(38-20-30(28)39-22-40-33)34(11-4-16-46-34)12-15-42(23-47(43)44)14-10-26-7-1-2-13-37-26/h1-9,13,16-20,22-23H,10-12,14-15,21H2,(H,39,40,41). The number of anilines is 2. The Morgan fingerprint density at radius 1 is 1.04 bits per heavy atom. The summed E-state index contributed by atoms with van der Waals surface area (Å²) < 4.78 is 48.8. The van der Waals surface area contributed by atoms with Gasteiger partial charge in [-0.25, -0.2) is 14.4 Å². The van der Waals surface area contributed by atoms with Gasteiger partial charge in [0, 0.05) is 55.3 Å². The van der Waals surface area contributed by atoms with Gasteiger partial charge in [0.25, 0.3) is 0 Å². The van der Waals surface area contributed by atoms with E-state index in [4.69, 9.17) is 26.1 Å². The number of rotatable bonds is 13. The molecule has 4 heterocycles. The second-order valence-corrected chi connectivity index (χ2v) is 12.0. The molecular weight excluding hydrogens is 643 g/mol. The summed E-state index contributed by atoms with van der Waals surface area (Å²) in [4.78, 5) is 19.7. The van der Waals surface area contributed by atoms with Crippen molar-refractivity contribution in [2.45, 2.75) is 31.5 Å². The Balaban J connectivity index is 1.20. The molecule has 0 radical (unpaired) electrons. The third-order valence-corrected chi connectivity index (χ3v) is 8.49. The van der Waals surface area contributed by atoms with Crippen molar-refractivity contribution in [2.75, 3.05) is 18.4 Å². The highest BCUT2D eigenvalue weighted by Crippen LogP contribution is 2.39. The zero-order chi connectivity index (χ0) is 32.6. The van der Waals surface area contributed by atoms with E-state index in [1.165, 1.54) is 24.0 Å². The van der Waals surface area contributed by atoms with Gasteiger partial charge in [-0.3, -0.25) is 14.9 Å². The molecule has 47 heavy (non-hydrogen) atoms. The van der Waals surface area contributed by atoms with E-state index in [1.54, 1.807) is 47.8 Å². The van der Waals surface area contributed by atoms with Gasteiger partial charge in [0.05, 0.1) is 28.7 Å². The molecule has 0 saturated heterocycles. The highest BCUT2D eigenvalue weighted by Gasteiger charge is 2.37. The van der Waals surface area contributed by atoms with Gasteiger partial charge in [-0.2, -0.15) is 8.42 Å². The fraction of sp³-hybridized carbons (Fsp3) is 0.206. The average Bonchev–Trinajstić information content (AvgIpc) is 3.56. The zero-order valence-electron chi connectivity index (χ0n) is 25.1. The minimum Gasteiger partial charge on any atom is -0.489 e. The quantitative estimate of drug-likeness (QED) is 0.144. The Morgan fingerprint density at radius 2 is 1.96 bits per heavy atom. The summed E-state index contributed by atoms with van der Waals surface area (Å²) in [5.74, 6) is 0.666. The second-order valence-electron chi connectivity index (χ2n) is 10.9. The molecule has 10 nitrogen and oxygen atoms in total. The molecule has 1 N–H and O–H groups in total. The van der Waals surface area contributed by atoms with Crippen LogP contribution in [0.1, 0.15) is 29.8 Å². The number of halogens is 2. The Kier molecular flexibility index (Phi) is 10.0. The Bertz CT molecular complexity index is 2030. The van der Waals surface area contributed by atoms with Gasteiger partial charge in [-0.1, -0.05) is 29.8 Å². The minimum atomic E-state index is -2.37. The number of hydrogen-bond acceptors (Lipinski definition) is 9. The summed E-state index contributed by atoms with van der Waals surface area (Å²) in [5.41, 5.74) is 3.91. The van der Waals surface area contributed by atoms with Gasteiger partial charge in [-0.15, -0.1) is 0 Å². The third-order valence-electron chi connectivity index (χ3n) is 7.72. The number of hydrogen-bond donors (Lipinski definition) is 1. The van der Waals surface area contributed by atoms with Crippen molar-refractivity contribution < 1.29 is 22.3 Å². The van der Waals surface area contributed by atoms with Crippen LogP contribution < -0.4 is 10.1 Å². The molecule has 240 valence electrons. The lowest BCUT2D eigenvalue weighted by Crippen LogP contribution is -2.34. The minimum absolute atomic E-state index is 0.171. The maximum Gasteiger partial charge on any atom is 0.225 e. The number of ether oxygens (including phenoxy) is 2. The van der Waals surface area contributed by atoms with Gasteiger partial charge >= 0.3 is 0 Å². The summed E-state index contributed by atoms with van der Waals surface area (Å²) in [7, 11) is -2.37. The van der Waals surface area contributed by atoms with Crippen LogP contribution in [-0.4, -0.2) is 51.8 Å². The number of aromatic nitrogens is 4. The van der Waals surface area contributed by atoms with E-state index in [-0.39, 0.29) is 12.4 Å². The van der Waals surface area contributed by atoms with Crippen LogP contribution in [0.3, 0.4) is 0 Å². The average molecular weight is 673 g/mol. The normalized spacial score (nSPS) is 15.5. The lowest BCUT2D eigenvalue weighted by molar-refractivity contribution is 0.0237. The third kappa shape index (κ3) is 8.09. The van der Waals surface area contributed by atoms with Gasteiger partial charge in [0.1, 0.15) is 35.8 Å². The van der Waals surface area contributed by atoms with Crippen LogP contribution in [0.4, 0.5) is 15.9 Å². The number of nitrogens with one attached hydrogen (secondary N) is 1. The molecule has 1 atom stereocenters.